The molecule has 0 saturated heterocycles. The molecule has 0 aliphatic heterocycles. The van der Waals surface area contributed by atoms with Gasteiger partial charge in [-0.2, -0.15) is 0 Å². The second-order valence-corrected chi connectivity index (χ2v) is 16.3. The fourth-order valence-electron chi connectivity index (χ4n) is 2.00. The number of likely N-dealkylation sites (N-methyl/N-ethyl adjacent to an activating group) is 1. The molecule has 0 spiro atoms. The van der Waals surface area contributed by atoms with E-state index in [2.05, 4.69) is 23.1 Å². The van der Waals surface area contributed by atoms with Gasteiger partial charge in [-0.3, -0.25) is 24.0 Å². The van der Waals surface area contributed by atoms with E-state index in [1.807, 2.05) is 106 Å². The first-order valence-electron chi connectivity index (χ1n) is 16.2. The van der Waals surface area contributed by atoms with Crippen molar-refractivity contribution >= 4 is 29.0 Å². The number of Topliss-reactive ketones (excluding diaryl/α,β-unsaturated/α-hetero) is 2. The first-order valence-corrected chi connectivity index (χ1v) is 16.2. The maximum Gasteiger partial charge on any atom is 0.296 e. The van der Waals surface area contributed by atoms with E-state index in [0.29, 0.717) is 0 Å². The number of hydrogen-bond donors (Lipinski definition) is 2. The van der Waals surface area contributed by atoms with Crippen molar-refractivity contribution in [1.82, 2.24) is 10.2 Å². The van der Waals surface area contributed by atoms with Crippen LogP contribution in [0.1, 0.15) is 117 Å². The number of aliphatic hydroxyl groups excluding tert-OH is 1. The summed E-state index contributed by atoms with van der Waals surface area (Å²) in [7, 11) is 3.96. The van der Waals surface area contributed by atoms with Gasteiger partial charge in [0, 0.05) is 33.7 Å². The summed E-state index contributed by atoms with van der Waals surface area (Å²) < 4.78 is 0. The van der Waals surface area contributed by atoms with E-state index in [4.69, 9.17) is 18.0 Å². The number of rotatable bonds is 5. The Labute approximate surface area is 300 Å². The van der Waals surface area contributed by atoms with Crippen molar-refractivity contribution in [3.05, 3.63) is 24.3 Å². The average Bonchev–Trinajstić information content (AvgIpc) is 2.92. The normalized spacial score (nSPS) is 11.2. The molecule has 0 aromatic heterocycles. The maximum absolute atomic E-state index is 11.3. The molecule has 0 rings (SSSR count). The molecule has 0 heterocycles. The van der Waals surface area contributed by atoms with Crippen LogP contribution in [0.5, 0.6) is 0 Å². The highest BCUT2D eigenvalue weighted by Gasteiger charge is 2.19. The van der Waals surface area contributed by atoms with Gasteiger partial charge >= 0.3 is 0 Å². The summed E-state index contributed by atoms with van der Waals surface area (Å²) in [5.74, 6) is 8.43. The average molecular weight is 685 g/mol. The summed E-state index contributed by atoms with van der Waals surface area (Å²) in [6.45, 7) is 30.6. The predicted molar refractivity (Wildman–Crippen MR) is 205 cm³/mol. The number of carbonyl (C=O) groups excluding carboxylic acids is 5. The van der Waals surface area contributed by atoms with Crippen molar-refractivity contribution in [2.75, 3.05) is 27.2 Å². The highest BCUT2D eigenvalue weighted by molar-refractivity contribution is 5.99. The van der Waals surface area contributed by atoms with Gasteiger partial charge in [0.1, 0.15) is 6.61 Å². The molecule has 49 heavy (non-hydrogen) atoms. The lowest BCUT2D eigenvalue weighted by atomic mass is 9.90. The Bertz CT molecular complexity index is 1220. The van der Waals surface area contributed by atoms with E-state index in [0.717, 1.165) is 13.0 Å². The number of nitrogens with one attached hydrogen (secondary N) is 1. The lowest BCUT2D eigenvalue weighted by molar-refractivity contribution is -0.122. The summed E-state index contributed by atoms with van der Waals surface area (Å²) in [5.41, 5.74) is -1.46. The van der Waals surface area contributed by atoms with Gasteiger partial charge in [0.2, 0.25) is 11.6 Å². The van der Waals surface area contributed by atoms with Gasteiger partial charge in [-0.1, -0.05) is 108 Å². The van der Waals surface area contributed by atoms with Gasteiger partial charge in [-0.25, -0.2) is 0 Å². The van der Waals surface area contributed by atoms with Crippen LogP contribution in [0.2, 0.25) is 0 Å². The molecule has 0 saturated carbocycles. The van der Waals surface area contributed by atoms with Gasteiger partial charge < -0.3 is 15.3 Å². The summed E-state index contributed by atoms with van der Waals surface area (Å²) in [6, 6.07) is 0. The van der Waals surface area contributed by atoms with E-state index in [1.54, 1.807) is 53.7 Å². The first kappa shape index (κ1) is 54.7. The molecule has 0 aromatic carbocycles. The molecule has 0 aromatic rings. The highest BCUT2D eigenvalue weighted by Crippen LogP contribution is 2.16. The van der Waals surface area contributed by atoms with Gasteiger partial charge in [0.05, 0.1) is 0 Å². The van der Waals surface area contributed by atoms with E-state index in [-0.39, 0.29) is 57.4 Å². The Morgan fingerprint density at radius 1 is 0.653 bits per heavy atom. The van der Waals surface area contributed by atoms with E-state index >= 15 is 0 Å². The molecule has 0 atom stereocenters. The second-order valence-electron chi connectivity index (χ2n) is 16.3. The Morgan fingerprint density at radius 3 is 1.24 bits per heavy atom. The van der Waals surface area contributed by atoms with E-state index in [1.165, 1.54) is 0 Å². The zero-order valence-electron chi connectivity index (χ0n) is 34.0. The van der Waals surface area contributed by atoms with Crippen molar-refractivity contribution < 1.29 is 29.1 Å². The lowest BCUT2D eigenvalue weighted by Crippen LogP contribution is -2.39. The van der Waals surface area contributed by atoms with Crippen LogP contribution in [-0.4, -0.2) is 71.8 Å². The third kappa shape index (κ3) is 42.2. The van der Waals surface area contributed by atoms with Gasteiger partial charge in [0.25, 0.3) is 5.91 Å². The molecule has 0 unspecified atom stereocenters. The molecule has 8 nitrogen and oxygen atoms in total. The molecule has 278 valence electrons. The zero-order valence-corrected chi connectivity index (χ0v) is 34.0. The molecule has 0 bridgehead atoms. The first-order chi connectivity index (χ1) is 21.7. The molecule has 2 N–H and O–H groups in total. The Hall–Kier alpha value is -3.77. The highest BCUT2D eigenvalue weighted by atomic mass is 16.2. The molecular formula is C41H68N2O6. The largest absolute Gasteiger partial charge is 0.384 e. The van der Waals surface area contributed by atoms with Crippen molar-refractivity contribution in [2.24, 2.45) is 21.7 Å². The Kier molecular flexibility index (Phi) is 29.2. The smallest absolute Gasteiger partial charge is 0.296 e. The molecule has 0 fully saturated rings. The number of nitrogens with zero attached hydrogens (tertiary/aromatic N) is 1. The molecule has 0 aliphatic carbocycles. The number of amides is 1. The number of carbonyl (C=O) groups is 5. The third-order valence-electron chi connectivity index (χ3n) is 5.12. The van der Waals surface area contributed by atoms with Crippen LogP contribution < -0.4 is 5.32 Å². The van der Waals surface area contributed by atoms with Crippen LogP contribution in [0.3, 0.4) is 0 Å². The summed E-state index contributed by atoms with van der Waals surface area (Å²) in [6.07, 6.45) is 17.7. The van der Waals surface area contributed by atoms with Gasteiger partial charge in [-0.15, -0.1) is 12.8 Å². The number of ketones is 4. The topological polar surface area (TPSA) is 121 Å². The minimum absolute atomic E-state index is 0.137. The number of hydrogen-bond acceptors (Lipinski definition) is 7. The molecular weight excluding hydrogens is 616 g/mol. The number of terminal acetylenes is 2. The van der Waals surface area contributed by atoms with Crippen molar-refractivity contribution in [1.29, 1.82) is 0 Å². The molecule has 8 heteroatoms. The van der Waals surface area contributed by atoms with Crippen LogP contribution in [0, 0.1) is 58.2 Å². The maximum atomic E-state index is 11.3. The zero-order chi connectivity index (χ0) is 40.4. The number of aliphatic hydroxyl groups is 1. The van der Waals surface area contributed by atoms with Crippen LogP contribution in [0.25, 0.3) is 0 Å². The number of allylic oxidation sites excluding steroid dienone is 3. The fourth-order valence-corrected chi connectivity index (χ4v) is 2.00. The van der Waals surface area contributed by atoms with Crippen LogP contribution in [0.4, 0.5) is 0 Å². The van der Waals surface area contributed by atoms with Crippen LogP contribution in [-0.2, 0) is 24.0 Å². The summed E-state index contributed by atoms with van der Waals surface area (Å²) >= 11 is 0. The van der Waals surface area contributed by atoms with Crippen LogP contribution in [0.15, 0.2) is 24.3 Å². The summed E-state index contributed by atoms with van der Waals surface area (Å²) in [4.78, 5) is 56.5. The monoisotopic (exact) mass is 685 g/mol. The van der Waals surface area contributed by atoms with Crippen molar-refractivity contribution in [2.45, 2.75) is 123 Å². The minimum Gasteiger partial charge on any atom is -0.384 e. The van der Waals surface area contributed by atoms with E-state index < -0.39 is 5.41 Å². The quantitative estimate of drug-likeness (QED) is 0.189. The fraction of sp³-hybridized carbons (Fsp3) is 0.634. The third-order valence-corrected chi connectivity index (χ3v) is 5.12. The van der Waals surface area contributed by atoms with Gasteiger partial charge in [-0.05, 0) is 71.2 Å². The molecule has 1 amide bonds. The Morgan fingerprint density at radius 2 is 1.04 bits per heavy atom. The van der Waals surface area contributed by atoms with Crippen molar-refractivity contribution in [3.8, 4) is 36.5 Å². The van der Waals surface area contributed by atoms with Crippen molar-refractivity contribution in [3.63, 3.8) is 0 Å². The second kappa shape index (κ2) is 26.1. The Balaban J connectivity index is -0.000000166. The predicted octanol–water partition coefficient (Wildman–Crippen LogP) is 6.65. The SMILES string of the molecule is C#CC(=O)C(C)(C)C.C#CC(=O)NC(C)(C)C.CC(C)(C)C(=O)C#CCO.CC/C=C/C(=O)C(C)(C)C.CN(C)C/C=C/C(=O)C(C)(C)C. The minimum atomic E-state index is -0.415. The standard InChI is InChI=1S/C10H19NO.C9H16O.C8H12O2.C7H11NO.C7H10O/c1-10(2,3)9(12)7-6-8-11(4)5;1-5-6-7-8(10)9(2,3)4;1-8(2,3)7(10)5-4-6-9;1-5-6(9)8-7(2,3)4;1-5-6(8)7(2,3)4/h6-7H,8H2,1-5H3;6-7H,5H2,1-4H3;9H,6H2,1-3H3;1H,2-4H3,(H,8,9);1H,2-4H3/b2*7-6+;;;. The van der Waals surface area contributed by atoms with Gasteiger partial charge in [0.15, 0.2) is 11.6 Å². The van der Waals surface area contributed by atoms with Crippen LogP contribution >= 0.6 is 0 Å². The summed E-state index contributed by atoms with van der Waals surface area (Å²) in [5, 5.41) is 10.8. The molecule has 0 aliphatic rings. The molecule has 0 radical (unpaired) electrons. The van der Waals surface area contributed by atoms with E-state index in [9.17, 15) is 24.0 Å². The lowest BCUT2D eigenvalue weighted by Gasteiger charge is -2.17.